The third-order valence-electron chi connectivity index (χ3n) is 6.19. The van der Waals surface area contributed by atoms with Crippen molar-refractivity contribution < 1.29 is 14.3 Å². The number of carbonyl (C=O) groups excluding carboxylic acids is 2. The number of rotatable bonds is 8. The molecule has 0 unspecified atom stereocenters. The van der Waals surface area contributed by atoms with E-state index >= 15 is 0 Å². The van der Waals surface area contributed by atoms with Crippen molar-refractivity contribution in [3.05, 3.63) is 84.4 Å². The van der Waals surface area contributed by atoms with Gasteiger partial charge in [0.2, 0.25) is 11.1 Å². The van der Waals surface area contributed by atoms with E-state index in [0.717, 1.165) is 24.5 Å². The lowest BCUT2D eigenvalue weighted by atomic mass is 10.1. The highest BCUT2D eigenvalue weighted by Gasteiger charge is 2.24. The van der Waals surface area contributed by atoms with E-state index in [4.69, 9.17) is 4.74 Å². The maximum absolute atomic E-state index is 13.0. The van der Waals surface area contributed by atoms with Crippen LogP contribution in [0.4, 0.5) is 11.4 Å². The third kappa shape index (κ3) is 5.78. The van der Waals surface area contributed by atoms with Gasteiger partial charge in [0.25, 0.3) is 5.91 Å². The molecule has 0 saturated carbocycles. The number of hydrogen-bond acceptors (Lipinski definition) is 8. The number of thioether (sulfide) groups is 1. The molecule has 0 atom stereocenters. The van der Waals surface area contributed by atoms with Gasteiger partial charge in [0.1, 0.15) is 5.75 Å². The molecule has 0 spiro atoms. The fraction of sp³-hybridized carbons (Fsp3) is 0.222. The number of aromatic nitrogens is 4. The van der Waals surface area contributed by atoms with E-state index in [1.165, 1.54) is 11.8 Å². The molecule has 1 fully saturated rings. The Morgan fingerprint density at radius 2 is 1.61 bits per heavy atom. The predicted octanol–water partition coefficient (Wildman–Crippen LogP) is 3.36. The number of ether oxygens (including phenoxy) is 1. The summed E-state index contributed by atoms with van der Waals surface area (Å²) in [6.45, 7) is 2.68. The van der Waals surface area contributed by atoms with Gasteiger partial charge in [-0.25, -0.2) is 0 Å². The van der Waals surface area contributed by atoms with Gasteiger partial charge in [-0.2, -0.15) is 4.68 Å². The van der Waals surface area contributed by atoms with Crippen molar-refractivity contribution in [3.8, 4) is 11.4 Å². The molecule has 5 rings (SSSR count). The number of methoxy groups -OCH3 is 1. The number of carbonyl (C=O) groups is 2. The normalized spacial score (nSPS) is 13.3. The standard InChI is InChI=1S/C27H27N7O3S/c1-37-24-10-6-5-9-23(24)26(36)33-17-15-32(16-18-33)21-13-11-20(12-14-21)28-25(35)19-38-27-29-30-31-34(27)22-7-3-2-4-8-22/h2-14H,15-19H2,1H3,(H,28,35). The van der Waals surface area contributed by atoms with Crippen molar-refractivity contribution in [1.29, 1.82) is 0 Å². The molecular weight excluding hydrogens is 502 g/mol. The van der Waals surface area contributed by atoms with E-state index in [9.17, 15) is 9.59 Å². The second-order valence-electron chi connectivity index (χ2n) is 8.57. The quantitative estimate of drug-likeness (QED) is 0.347. The predicted molar refractivity (Wildman–Crippen MR) is 146 cm³/mol. The molecule has 1 N–H and O–H groups in total. The van der Waals surface area contributed by atoms with Crippen molar-refractivity contribution in [3.63, 3.8) is 0 Å². The van der Waals surface area contributed by atoms with Crippen LogP contribution in [0, 0.1) is 0 Å². The summed E-state index contributed by atoms with van der Waals surface area (Å²) in [5.41, 5.74) is 3.18. The first kappa shape index (κ1) is 25.3. The molecule has 2 heterocycles. The van der Waals surface area contributed by atoms with E-state index in [1.807, 2.05) is 71.6 Å². The molecule has 0 aliphatic carbocycles. The maximum Gasteiger partial charge on any atom is 0.257 e. The molecule has 1 aromatic heterocycles. The summed E-state index contributed by atoms with van der Waals surface area (Å²) in [4.78, 5) is 29.6. The molecule has 0 bridgehead atoms. The van der Waals surface area contributed by atoms with Gasteiger partial charge < -0.3 is 19.9 Å². The minimum Gasteiger partial charge on any atom is -0.496 e. The molecule has 10 nitrogen and oxygen atoms in total. The van der Waals surface area contributed by atoms with Crippen LogP contribution < -0.4 is 15.0 Å². The number of para-hydroxylation sites is 2. The summed E-state index contributed by atoms with van der Waals surface area (Å²) in [6.07, 6.45) is 0. The van der Waals surface area contributed by atoms with Gasteiger partial charge in [-0.15, -0.1) is 5.10 Å². The molecule has 11 heteroatoms. The second kappa shape index (κ2) is 11.8. The molecule has 1 saturated heterocycles. The first-order valence-electron chi connectivity index (χ1n) is 12.2. The van der Waals surface area contributed by atoms with Crippen molar-refractivity contribution in [2.75, 3.05) is 49.3 Å². The van der Waals surface area contributed by atoms with Crippen LogP contribution in [0.2, 0.25) is 0 Å². The van der Waals surface area contributed by atoms with Gasteiger partial charge in [0.15, 0.2) is 0 Å². The van der Waals surface area contributed by atoms with E-state index < -0.39 is 0 Å². The summed E-state index contributed by atoms with van der Waals surface area (Å²) in [5, 5.41) is 15.2. The number of nitrogens with zero attached hydrogens (tertiary/aromatic N) is 6. The zero-order valence-corrected chi connectivity index (χ0v) is 21.7. The van der Waals surface area contributed by atoms with Gasteiger partial charge in [-0.3, -0.25) is 9.59 Å². The Labute approximate surface area is 224 Å². The molecule has 38 heavy (non-hydrogen) atoms. The van der Waals surface area contributed by atoms with Gasteiger partial charge in [-0.05, 0) is 59.0 Å². The third-order valence-corrected chi connectivity index (χ3v) is 7.11. The fourth-order valence-corrected chi connectivity index (χ4v) is 4.93. The Morgan fingerprint density at radius 3 is 2.34 bits per heavy atom. The van der Waals surface area contributed by atoms with Gasteiger partial charge >= 0.3 is 0 Å². The Kier molecular flexibility index (Phi) is 7.84. The second-order valence-corrected chi connectivity index (χ2v) is 9.51. The van der Waals surface area contributed by atoms with Crippen LogP contribution in [0.25, 0.3) is 5.69 Å². The average Bonchev–Trinajstić information content (AvgIpc) is 3.45. The highest BCUT2D eigenvalue weighted by molar-refractivity contribution is 7.99. The van der Waals surface area contributed by atoms with Gasteiger partial charge in [-0.1, -0.05) is 42.1 Å². The molecule has 0 radical (unpaired) electrons. The van der Waals surface area contributed by atoms with E-state index in [-0.39, 0.29) is 17.6 Å². The highest BCUT2D eigenvalue weighted by atomic mass is 32.2. The summed E-state index contributed by atoms with van der Waals surface area (Å²) in [7, 11) is 1.57. The van der Waals surface area contributed by atoms with Crippen LogP contribution >= 0.6 is 11.8 Å². The lowest BCUT2D eigenvalue weighted by Gasteiger charge is -2.36. The number of benzene rings is 3. The first-order chi connectivity index (χ1) is 18.6. The first-order valence-corrected chi connectivity index (χ1v) is 13.1. The number of anilines is 2. The van der Waals surface area contributed by atoms with Crippen LogP contribution in [-0.4, -0.2) is 76.0 Å². The minimum atomic E-state index is -0.145. The molecular formula is C27H27N7O3S. The van der Waals surface area contributed by atoms with Crippen LogP contribution in [0.5, 0.6) is 5.75 Å². The molecule has 4 aromatic rings. The number of hydrogen-bond donors (Lipinski definition) is 1. The van der Waals surface area contributed by atoms with Gasteiger partial charge in [0, 0.05) is 37.6 Å². The van der Waals surface area contributed by atoms with E-state index in [2.05, 4.69) is 25.7 Å². The Bertz CT molecular complexity index is 1390. The van der Waals surface area contributed by atoms with Crippen molar-refractivity contribution in [2.24, 2.45) is 0 Å². The number of nitrogens with one attached hydrogen (secondary N) is 1. The maximum atomic E-state index is 13.0. The number of piperazine rings is 1. The molecule has 2 amide bonds. The minimum absolute atomic E-state index is 0.0177. The summed E-state index contributed by atoms with van der Waals surface area (Å²) < 4.78 is 6.95. The Hall–Kier alpha value is -4.38. The topological polar surface area (TPSA) is 105 Å². The van der Waals surface area contributed by atoms with Gasteiger partial charge in [0.05, 0.1) is 24.1 Å². The van der Waals surface area contributed by atoms with E-state index in [0.29, 0.717) is 35.2 Å². The van der Waals surface area contributed by atoms with Crippen molar-refractivity contribution in [1.82, 2.24) is 25.1 Å². The molecule has 1 aliphatic heterocycles. The van der Waals surface area contributed by atoms with Crippen LogP contribution in [0.3, 0.4) is 0 Å². The summed E-state index contributed by atoms with van der Waals surface area (Å²) in [5.74, 6) is 0.604. The average molecular weight is 530 g/mol. The Balaban J connectivity index is 1.12. The number of tetrazole rings is 1. The monoisotopic (exact) mass is 529 g/mol. The summed E-state index contributed by atoms with van der Waals surface area (Å²) >= 11 is 1.27. The smallest absolute Gasteiger partial charge is 0.257 e. The highest BCUT2D eigenvalue weighted by Crippen LogP contribution is 2.23. The SMILES string of the molecule is COc1ccccc1C(=O)N1CCN(c2ccc(NC(=O)CSc3nnnn3-c3ccccc3)cc2)CC1. The lowest BCUT2D eigenvalue weighted by Crippen LogP contribution is -2.48. The molecule has 1 aliphatic rings. The van der Waals surface area contributed by atoms with Crippen LogP contribution in [0.15, 0.2) is 84.0 Å². The van der Waals surface area contributed by atoms with Crippen LogP contribution in [-0.2, 0) is 4.79 Å². The van der Waals surface area contributed by atoms with Crippen LogP contribution in [0.1, 0.15) is 10.4 Å². The molecule has 3 aromatic carbocycles. The Morgan fingerprint density at radius 1 is 0.895 bits per heavy atom. The lowest BCUT2D eigenvalue weighted by molar-refractivity contribution is -0.113. The zero-order chi connectivity index (χ0) is 26.3. The van der Waals surface area contributed by atoms with E-state index in [1.54, 1.807) is 23.9 Å². The number of amides is 2. The van der Waals surface area contributed by atoms with Crippen molar-refractivity contribution in [2.45, 2.75) is 5.16 Å². The molecule has 194 valence electrons. The summed E-state index contributed by atoms with van der Waals surface area (Å²) in [6, 6.07) is 24.6. The fourth-order valence-electron chi connectivity index (χ4n) is 4.24. The van der Waals surface area contributed by atoms with Crippen molar-refractivity contribution >= 4 is 35.0 Å². The largest absolute Gasteiger partial charge is 0.496 e. The zero-order valence-electron chi connectivity index (χ0n) is 20.9.